The predicted molar refractivity (Wildman–Crippen MR) is 178 cm³/mol. The van der Waals surface area contributed by atoms with Crippen LogP contribution in [0.1, 0.15) is 29.7 Å². The summed E-state index contributed by atoms with van der Waals surface area (Å²) in [7, 11) is 2.13. The number of hydrogen-bond donors (Lipinski definition) is 0. The second-order valence-electron chi connectivity index (χ2n) is 12.4. The molecule has 0 N–H and O–H groups in total. The van der Waals surface area contributed by atoms with Crippen LogP contribution in [0.5, 0.6) is 6.01 Å². The van der Waals surface area contributed by atoms with Crippen LogP contribution < -0.4 is 14.5 Å². The highest BCUT2D eigenvalue weighted by Gasteiger charge is 2.36. The summed E-state index contributed by atoms with van der Waals surface area (Å²) in [4.78, 5) is 35.3. The fourth-order valence-corrected chi connectivity index (χ4v) is 6.85. The van der Waals surface area contributed by atoms with Crippen LogP contribution in [0.3, 0.4) is 0 Å². The number of benzene rings is 2. The van der Waals surface area contributed by atoms with Gasteiger partial charge in [-0.25, -0.2) is 11.4 Å². The molecule has 242 valence electrons. The highest BCUT2D eigenvalue weighted by Crippen LogP contribution is 2.33. The molecule has 4 aromatic rings. The van der Waals surface area contributed by atoms with Gasteiger partial charge in [0, 0.05) is 48.6 Å². The first kappa shape index (κ1) is 30.6. The molecule has 2 aromatic heterocycles. The maximum absolute atomic E-state index is 13.2. The van der Waals surface area contributed by atoms with Crippen LogP contribution in [0.25, 0.3) is 15.6 Å². The van der Waals surface area contributed by atoms with Gasteiger partial charge in [0.1, 0.15) is 25.1 Å². The smallest absolute Gasteiger partial charge is 0.410 e. The molecule has 12 nitrogen and oxygen atoms in total. The molecule has 2 saturated heterocycles. The lowest BCUT2D eigenvalue weighted by atomic mass is 10.0. The second kappa shape index (κ2) is 13.8. The summed E-state index contributed by atoms with van der Waals surface area (Å²) in [5.74, 6) is 1.66. The summed E-state index contributed by atoms with van der Waals surface area (Å²) in [5, 5.41) is 10.9. The molecule has 2 aromatic carbocycles. The lowest BCUT2D eigenvalue weighted by Gasteiger charge is -2.40. The monoisotopic (exact) mass is 633 g/mol. The van der Waals surface area contributed by atoms with Gasteiger partial charge in [-0.05, 0) is 38.4 Å². The molecular weight excluding hydrogens is 594 g/mol. The molecule has 7 rings (SSSR count). The Morgan fingerprint density at radius 1 is 0.979 bits per heavy atom. The number of nitrogens with zero attached hydrogens (tertiary/aromatic N) is 9. The van der Waals surface area contributed by atoms with Crippen LogP contribution in [0.4, 0.5) is 16.4 Å². The molecule has 3 aliphatic rings. The van der Waals surface area contributed by atoms with Crippen LogP contribution in [0.15, 0.2) is 60.8 Å². The molecule has 2 atom stereocenters. The molecule has 2 fully saturated rings. The summed E-state index contributed by atoms with van der Waals surface area (Å²) < 4.78 is 12.0. The molecule has 0 unspecified atom stereocenters. The fraction of sp³-hybridized carbons (Fsp3) is 0.429. The van der Waals surface area contributed by atoms with Gasteiger partial charge in [-0.15, -0.1) is 5.10 Å². The van der Waals surface area contributed by atoms with Gasteiger partial charge in [-0.1, -0.05) is 54.6 Å². The normalized spacial score (nSPS) is 19.8. The fourth-order valence-electron chi connectivity index (χ4n) is 6.85. The predicted octanol–water partition coefficient (Wildman–Crippen LogP) is 4.20. The highest BCUT2D eigenvalue weighted by molar-refractivity contribution is 5.91. The number of aromatic nitrogens is 4. The average molecular weight is 634 g/mol. The summed E-state index contributed by atoms with van der Waals surface area (Å²) in [6.45, 7) is 12.3. The van der Waals surface area contributed by atoms with Crippen molar-refractivity contribution in [3.63, 3.8) is 0 Å². The number of carbonyl (C=O) groups excluding carboxylic acids is 1. The van der Waals surface area contributed by atoms with Crippen molar-refractivity contribution in [2.24, 2.45) is 0 Å². The van der Waals surface area contributed by atoms with E-state index >= 15 is 0 Å². The zero-order valence-electron chi connectivity index (χ0n) is 26.7. The maximum Gasteiger partial charge on any atom is 0.410 e. The highest BCUT2D eigenvalue weighted by atomic mass is 16.6. The SMILES string of the molecule is [C-]#[N+]C[C@H]1CN(c2nc(OC[C@@H]3CCCN3C)nc3c2CCN(c2nncc4ccccc24)C3)CCN1C(=O)OCc1ccccc1. The van der Waals surface area contributed by atoms with Crippen LogP contribution in [-0.4, -0.2) is 101 Å². The van der Waals surface area contributed by atoms with Gasteiger partial charge in [0.15, 0.2) is 5.82 Å². The maximum atomic E-state index is 13.2. The number of amides is 1. The van der Waals surface area contributed by atoms with Gasteiger partial charge in [0.25, 0.3) is 0 Å². The second-order valence-corrected chi connectivity index (χ2v) is 12.4. The van der Waals surface area contributed by atoms with Crippen molar-refractivity contribution in [1.82, 2.24) is 30.0 Å². The Labute approximate surface area is 274 Å². The lowest BCUT2D eigenvalue weighted by molar-refractivity contribution is 0.0788. The molecule has 0 aliphatic carbocycles. The van der Waals surface area contributed by atoms with Gasteiger partial charge >= 0.3 is 12.1 Å². The largest absolute Gasteiger partial charge is 0.462 e. The van der Waals surface area contributed by atoms with Crippen LogP contribution in [0.2, 0.25) is 0 Å². The number of ether oxygens (including phenoxy) is 2. The first-order valence-corrected chi connectivity index (χ1v) is 16.3. The van der Waals surface area contributed by atoms with E-state index in [2.05, 4.69) is 42.9 Å². The number of anilines is 2. The summed E-state index contributed by atoms with van der Waals surface area (Å²) in [6, 6.07) is 18.1. The molecular formula is C35H39N9O3. The van der Waals surface area contributed by atoms with Crippen molar-refractivity contribution in [1.29, 1.82) is 0 Å². The molecule has 0 radical (unpaired) electrons. The summed E-state index contributed by atoms with van der Waals surface area (Å²) in [6.07, 6.45) is 4.35. The van der Waals surface area contributed by atoms with E-state index in [1.54, 1.807) is 11.1 Å². The van der Waals surface area contributed by atoms with Gasteiger partial charge in [-0.2, -0.15) is 15.1 Å². The molecule has 47 heavy (non-hydrogen) atoms. The van der Waals surface area contributed by atoms with Crippen molar-refractivity contribution in [2.45, 2.75) is 44.5 Å². The van der Waals surface area contributed by atoms with E-state index in [0.29, 0.717) is 51.3 Å². The summed E-state index contributed by atoms with van der Waals surface area (Å²) >= 11 is 0. The Morgan fingerprint density at radius 2 is 1.83 bits per heavy atom. The van der Waals surface area contributed by atoms with Gasteiger partial charge in [0.05, 0.1) is 18.4 Å². The number of piperazine rings is 1. The van der Waals surface area contributed by atoms with Gasteiger partial charge in [-0.3, -0.25) is 4.90 Å². The Morgan fingerprint density at radius 3 is 2.66 bits per heavy atom. The zero-order valence-corrected chi connectivity index (χ0v) is 26.7. The minimum atomic E-state index is -0.400. The first-order valence-electron chi connectivity index (χ1n) is 16.3. The summed E-state index contributed by atoms with van der Waals surface area (Å²) in [5.41, 5.74) is 2.90. The quantitative estimate of drug-likeness (QED) is 0.262. The first-order chi connectivity index (χ1) is 23.1. The topological polar surface area (TPSA) is 104 Å². The standard InChI is InChI=1S/C35H39N9O3/c1-36-20-28-21-43(17-18-44(28)35(45)47-23-25-9-4-3-5-10-25)32-30-14-16-42(33-29-13-7-6-11-26(29)19-37-40-33)22-31(30)38-34(39-32)46-24-27-12-8-15-41(27)2/h3-7,9-11,13,19,27-28H,8,12,14-18,20-24H2,2H3/t27-,28-/m0/s1. The molecule has 0 spiro atoms. The minimum absolute atomic E-state index is 0.176. The van der Waals surface area contributed by atoms with Crippen molar-refractivity contribution < 1.29 is 14.3 Å². The number of fused-ring (bicyclic) bond motifs is 2. The van der Waals surface area contributed by atoms with E-state index in [-0.39, 0.29) is 19.2 Å². The van der Waals surface area contributed by atoms with E-state index in [1.165, 1.54) is 0 Å². The van der Waals surface area contributed by atoms with E-state index in [1.807, 2.05) is 48.5 Å². The van der Waals surface area contributed by atoms with Gasteiger partial charge < -0.3 is 29.0 Å². The van der Waals surface area contributed by atoms with Crippen molar-refractivity contribution >= 4 is 28.5 Å². The van der Waals surface area contributed by atoms with E-state index in [4.69, 9.17) is 26.0 Å². The van der Waals surface area contributed by atoms with Crippen molar-refractivity contribution in [2.75, 3.05) is 62.7 Å². The van der Waals surface area contributed by atoms with E-state index in [0.717, 1.165) is 65.2 Å². The van der Waals surface area contributed by atoms with E-state index < -0.39 is 6.09 Å². The van der Waals surface area contributed by atoms with Crippen LogP contribution >= 0.6 is 0 Å². The Bertz CT molecular complexity index is 1760. The molecule has 0 saturated carbocycles. The molecule has 5 heterocycles. The lowest BCUT2D eigenvalue weighted by Crippen LogP contribution is -2.57. The Hall–Kier alpha value is -5.02. The number of carbonyl (C=O) groups is 1. The number of likely N-dealkylation sites (N-methyl/N-ethyl adjacent to an activating group) is 1. The molecule has 3 aliphatic heterocycles. The third-order valence-electron chi connectivity index (χ3n) is 9.47. The molecule has 12 heteroatoms. The zero-order chi connectivity index (χ0) is 32.2. The minimum Gasteiger partial charge on any atom is -0.462 e. The van der Waals surface area contributed by atoms with Crippen molar-refractivity contribution in [3.05, 3.63) is 89.0 Å². The third-order valence-corrected chi connectivity index (χ3v) is 9.47. The van der Waals surface area contributed by atoms with E-state index in [9.17, 15) is 4.79 Å². The van der Waals surface area contributed by atoms with Crippen molar-refractivity contribution in [3.8, 4) is 6.01 Å². The van der Waals surface area contributed by atoms with Gasteiger partial charge in [0.2, 0.25) is 6.54 Å². The number of hydrogen-bond acceptors (Lipinski definition) is 10. The Kier molecular flexibility index (Phi) is 8.97. The third kappa shape index (κ3) is 6.62. The molecule has 1 amide bonds. The average Bonchev–Trinajstić information content (AvgIpc) is 3.53. The number of rotatable bonds is 8. The molecule has 0 bridgehead atoms. The Balaban J connectivity index is 1.15. The van der Waals surface area contributed by atoms with Crippen LogP contribution in [-0.2, 0) is 24.3 Å². The number of likely N-dealkylation sites (tertiary alicyclic amines) is 1. The van der Waals surface area contributed by atoms with Crippen LogP contribution in [0, 0.1) is 6.57 Å².